The van der Waals surface area contributed by atoms with Crippen molar-refractivity contribution in [2.45, 2.75) is 13.8 Å². The van der Waals surface area contributed by atoms with Gasteiger partial charge < -0.3 is 0 Å². The average Bonchev–Trinajstić information content (AvgIpc) is 2.55. The summed E-state index contributed by atoms with van der Waals surface area (Å²) in [5.41, 5.74) is 0.887. The lowest BCUT2D eigenvalue weighted by molar-refractivity contribution is 0.936. The van der Waals surface area contributed by atoms with E-state index in [1.54, 1.807) is 16.9 Å². The van der Waals surface area contributed by atoms with Crippen LogP contribution in [0.4, 0.5) is 0 Å². The molecule has 0 fully saturated rings. The van der Waals surface area contributed by atoms with Crippen molar-refractivity contribution in [3.05, 3.63) is 30.7 Å². The van der Waals surface area contributed by atoms with Crippen LogP contribution >= 0.6 is 0 Å². The summed E-state index contributed by atoms with van der Waals surface area (Å²) in [4.78, 5) is 4.02. The molecule has 0 radical (unpaired) electrons. The Balaban J connectivity index is 0.000000281. The lowest BCUT2D eigenvalue weighted by Crippen LogP contribution is -1.85. The van der Waals surface area contributed by atoms with Gasteiger partial charge in [-0.05, 0) is 12.1 Å². The van der Waals surface area contributed by atoms with Crippen molar-refractivity contribution in [3.63, 3.8) is 0 Å². The Kier molecular flexibility index (Phi) is 2.60. The predicted molar refractivity (Wildman–Crippen MR) is 44.3 cm³/mol. The smallest absolute Gasteiger partial charge is 0.153 e. The molecular formula is C8H11N3. The van der Waals surface area contributed by atoms with E-state index in [4.69, 9.17) is 0 Å². The summed E-state index contributed by atoms with van der Waals surface area (Å²) in [5, 5.41) is 4.00. The van der Waals surface area contributed by atoms with Crippen LogP contribution in [-0.2, 0) is 0 Å². The van der Waals surface area contributed by atoms with Crippen molar-refractivity contribution < 1.29 is 0 Å². The van der Waals surface area contributed by atoms with Gasteiger partial charge in [-0.1, -0.05) is 13.8 Å². The monoisotopic (exact) mass is 149 g/mol. The average molecular weight is 149 g/mol. The Morgan fingerprint density at radius 1 is 1.27 bits per heavy atom. The third-order valence-electron chi connectivity index (χ3n) is 1.17. The molecule has 0 aliphatic rings. The topological polar surface area (TPSA) is 30.2 Å². The zero-order chi connectivity index (χ0) is 8.10. The first-order valence-electron chi connectivity index (χ1n) is 3.71. The molecule has 58 valence electrons. The van der Waals surface area contributed by atoms with E-state index in [1.165, 1.54) is 0 Å². The van der Waals surface area contributed by atoms with Gasteiger partial charge in [0.25, 0.3) is 0 Å². The lowest BCUT2D eigenvalue weighted by atomic mass is 10.6. The van der Waals surface area contributed by atoms with Crippen LogP contribution < -0.4 is 0 Å². The molecule has 0 aliphatic heterocycles. The first kappa shape index (κ1) is 7.72. The van der Waals surface area contributed by atoms with Gasteiger partial charge in [-0.25, -0.2) is 9.50 Å². The Morgan fingerprint density at radius 2 is 2.09 bits per heavy atom. The Labute approximate surface area is 65.7 Å². The fourth-order valence-corrected chi connectivity index (χ4v) is 0.765. The van der Waals surface area contributed by atoms with Gasteiger partial charge in [-0.15, -0.1) is 0 Å². The number of hydrogen-bond donors (Lipinski definition) is 0. The van der Waals surface area contributed by atoms with Crippen molar-refractivity contribution in [2.75, 3.05) is 0 Å². The Morgan fingerprint density at radius 3 is 2.82 bits per heavy atom. The van der Waals surface area contributed by atoms with E-state index in [2.05, 4.69) is 10.1 Å². The van der Waals surface area contributed by atoms with E-state index in [0.29, 0.717) is 0 Å². The van der Waals surface area contributed by atoms with E-state index in [-0.39, 0.29) is 0 Å². The lowest BCUT2D eigenvalue weighted by Gasteiger charge is -1.85. The van der Waals surface area contributed by atoms with E-state index >= 15 is 0 Å². The molecule has 0 aromatic carbocycles. The summed E-state index contributed by atoms with van der Waals surface area (Å²) >= 11 is 0. The number of hydrogen-bond acceptors (Lipinski definition) is 2. The second-order valence-electron chi connectivity index (χ2n) is 1.75. The molecule has 2 aromatic heterocycles. The van der Waals surface area contributed by atoms with Gasteiger partial charge in [0.05, 0.1) is 0 Å². The van der Waals surface area contributed by atoms with Gasteiger partial charge in [0.1, 0.15) is 0 Å². The first-order valence-corrected chi connectivity index (χ1v) is 3.71. The standard InChI is InChI=1S/C6H5N3.C2H6/c1-2-6-7-4-5-9(6)8-3-1;1-2/h1-5H;1-2H3. The fraction of sp³-hybridized carbons (Fsp3) is 0.250. The van der Waals surface area contributed by atoms with E-state index in [1.807, 2.05) is 32.2 Å². The maximum Gasteiger partial charge on any atom is 0.153 e. The van der Waals surface area contributed by atoms with Crippen LogP contribution in [0.5, 0.6) is 0 Å². The molecule has 0 saturated heterocycles. The molecule has 0 N–H and O–H groups in total. The highest BCUT2D eigenvalue weighted by atomic mass is 15.2. The molecule has 0 aliphatic carbocycles. The molecule has 0 saturated carbocycles. The van der Waals surface area contributed by atoms with Crippen molar-refractivity contribution in [2.24, 2.45) is 0 Å². The molecule has 2 heterocycles. The van der Waals surface area contributed by atoms with Gasteiger partial charge in [0.2, 0.25) is 0 Å². The maximum absolute atomic E-state index is 4.02. The zero-order valence-electron chi connectivity index (χ0n) is 6.73. The van der Waals surface area contributed by atoms with Gasteiger partial charge in [-0.3, -0.25) is 0 Å². The number of rotatable bonds is 0. The third-order valence-corrected chi connectivity index (χ3v) is 1.17. The minimum absolute atomic E-state index is 0.887. The second-order valence-corrected chi connectivity index (χ2v) is 1.75. The molecule has 0 atom stereocenters. The highest BCUT2D eigenvalue weighted by Crippen LogP contribution is 1.93. The first-order chi connectivity index (χ1) is 5.47. The van der Waals surface area contributed by atoms with Crippen LogP contribution in [0.15, 0.2) is 30.7 Å². The molecular weight excluding hydrogens is 138 g/mol. The van der Waals surface area contributed by atoms with Crippen molar-refractivity contribution in [1.82, 2.24) is 14.6 Å². The number of imidazole rings is 1. The second kappa shape index (κ2) is 3.71. The summed E-state index contributed by atoms with van der Waals surface area (Å²) in [6.45, 7) is 4.00. The molecule has 11 heavy (non-hydrogen) atoms. The van der Waals surface area contributed by atoms with Gasteiger partial charge in [-0.2, -0.15) is 5.10 Å². The molecule has 0 spiro atoms. The quantitative estimate of drug-likeness (QED) is 0.571. The summed E-state index contributed by atoms with van der Waals surface area (Å²) in [6.07, 6.45) is 5.27. The van der Waals surface area contributed by atoms with Gasteiger partial charge in [0, 0.05) is 18.6 Å². The van der Waals surface area contributed by atoms with Crippen molar-refractivity contribution in [1.29, 1.82) is 0 Å². The molecule has 2 rings (SSSR count). The molecule has 3 heteroatoms. The summed E-state index contributed by atoms with van der Waals surface area (Å²) < 4.78 is 1.72. The summed E-state index contributed by atoms with van der Waals surface area (Å²) in [7, 11) is 0. The van der Waals surface area contributed by atoms with Crippen LogP contribution in [0.3, 0.4) is 0 Å². The minimum atomic E-state index is 0.887. The SMILES string of the molecule is CC.c1cnn2ccnc2c1. The van der Waals surface area contributed by atoms with Gasteiger partial charge in [0.15, 0.2) is 5.65 Å². The molecule has 0 amide bonds. The highest BCUT2D eigenvalue weighted by molar-refractivity contribution is 5.34. The van der Waals surface area contributed by atoms with Crippen LogP contribution in [0.25, 0.3) is 5.65 Å². The largest absolute Gasteiger partial charge is 0.236 e. The zero-order valence-corrected chi connectivity index (χ0v) is 6.73. The predicted octanol–water partition coefficient (Wildman–Crippen LogP) is 1.76. The molecule has 3 nitrogen and oxygen atoms in total. The normalized spacial score (nSPS) is 8.91. The number of aromatic nitrogens is 3. The van der Waals surface area contributed by atoms with Crippen molar-refractivity contribution >= 4 is 5.65 Å². The minimum Gasteiger partial charge on any atom is -0.236 e. The number of fused-ring (bicyclic) bond motifs is 1. The molecule has 0 unspecified atom stereocenters. The van der Waals surface area contributed by atoms with Crippen molar-refractivity contribution in [3.8, 4) is 0 Å². The van der Waals surface area contributed by atoms with E-state index < -0.39 is 0 Å². The Hall–Kier alpha value is -1.38. The Bertz CT molecular complexity index is 283. The van der Waals surface area contributed by atoms with Crippen LogP contribution in [0.1, 0.15) is 13.8 Å². The van der Waals surface area contributed by atoms with E-state index in [9.17, 15) is 0 Å². The molecule has 0 bridgehead atoms. The van der Waals surface area contributed by atoms with Gasteiger partial charge >= 0.3 is 0 Å². The van der Waals surface area contributed by atoms with Crippen LogP contribution in [0, 0.1) is 0 Å². The highest BCUT2D eigenvalue weighted by Gasteiger charge is 1.86. The maximum atomic E-state index is 4.02. The fourth-order valence-electron chi connectivity index (χ4n) is 0.765. The van der Waals surface area contributed by atoms with E-state index in [0.717, 1.165) is 5.65 Å². The van der Waals surface area contributed by atoms with Crippen LogP contribution in [0.2, 0.25) is 0 Å². The third kappa shape index (κ3) is 1.55. The summed E-state index contributed by atoms with van der Waals surface area (Å²) in [6, 6.07) is 3.77. The molecule has 2 aromatic rings. The summed E-state index contributed by atoms with van der Waals surface area (Å²) in [5.74, 6) is 0. The van der Waals surface area contributed by atoms with Crippen LogP contribution in [-0.4, -0.2) is 14.6 Å². The number of nitrogens with zero attached hydrogens (tertiary/aromatic N) is 3.